The molecule has 1 N–H and O–H groups in total. The maximum Gasteiger partial charge on any atom is 0.328 e. The Morgan fingerprint density at radius 1 is 1.32 bits per heavy atom. The second-order valence-corrected chi connectivity index (χ2v) is 8.69. The summed E-state index contributed by atoms with van der Waals surface area (Å²) in [7, 11) is 1.38. The van der Waals surface area contributed by atoms with Gasteiger partial charge in [-0.05, 0) is 18.6 Å². The van der Waals surface area contributed by atoms with E-state index in [4.69, 9.17) is 9.47 Å². The van der Waals surface area contributed by atoms with E-state index in [1.165, 1.54) is 7.11 Å². The average molecular weight is 378 g/mol. The van der Waals surface area contributed by atoms with Gasteiger partial charge in [-0.15, -0.1) is 0 Å². The van der Waals surface area contributed by atoms with Gasteiger partial charge in [0.2, 0.25) is 5.91 Å². The Labute approximate surface area is 162 Å². The van der Waals surface area contributed by atoms with Crippen molar-refractivity contribution in [2.45, 2.75) is 43.6 Å². The Hall–Kier alpha value is -2.60. The summed E-state index contributed by atoms with van der Waals surface area (Å²) in [5, 5.41) is 1.09. The molecule has 2 fully saturated rings. The summed E-state index contributed by atoms with van der Waals surface area (Å²) in [5.41, 5.74) is 1.89. The van der Waals surface area contributed by atoms with Crippen molar-refractivity contribution in [3.8, 4) is 0 Å². The molecule has 1 spiro atoms. The normalized spacial score (nSPS) is 40.0. The molecule has 2 bridgehead atoms. The number of para-hydroxylation sites is 1. The predicted octanol–water partition coefficient (Wildman–Crippen LogP) is 2.50. The Morgan fingerprint density at radius 2 is 2.11 bits per heavy atom. The molecule has 6 atom stereocenters. The Morgan fingerprint density at radius 3 is 2.89 bits per heavy atom. The zero-order valence-corrected chi connectivity index (χ0v) is 16.1. The van der Waals surface area contributed by atoms with Crippen molar-refractivity contribution in [3.05, 3.63) is 47.7 Å². The van der Waals surface area contributed by atoms with Crippen molar-refractivity contribution in [3.63, 3.8) is 0 Å². The number of nitrogens with one attached hydrogen (secondary N) is 1. The first-order chi connectivity index (χ1) is 13.4. The van der Waals surface area contributed by atoms with E-state index in [1.807, 2.05) is 25.1 Å². The van der Waals surface area contributed by atoms with Gasteiger partial charge in [-0.3, -0.25) is 4.79 Å². The van der Waals surface area contributed by atoms with Crippen molar-refractivity contribution < 1.29 is 19.1 Å². The van der Waals surface area contributed by atoms with Crippen LogP contribution in [0.15, 0.2) is 36.4 Å². The molecular formula is C22H22N2O4. The summed E-state index contributed by atoms with van der Waals surface area (Å²) in [6.45, 7) is 4.12. The second-order valence-electron chi connectivity index (χ2n) is 8.69. The van der Waals surface area contributed by atoms with E-state index in [1.54, 1.807) is 4.90 Å². The molecule has 4 aliphatic heterocycles. The van der Waals surface area contributed by atoms with Crippen LogP contribution < -0.4 is 0 Å². The van der Waals surface area contributed by atoms with Crippen LogP contribution >= 0.6 is 0 Å². The SMILES string of the molecule is COC(=O)C1Cc2c([nH]c3ccccc23)C2N1C(=O)C1C(C)C3(C)C=CC12O3. The summed E-state index contributed by atoms with van der Waals surface area (Å²) < 4.78 is 11.7. The highest BCUT2D eigenvalue weighted by Gasteiger charge is 2.74. The second kappa shape index (κ2) is 4.87. The number of ether oxygens (including phenoxy) is 2. The predicted molar refractivity (Wildman–Crippen MR) is 101 cm³/mol. The number of methoxy groups -OCH3 is 1. The highest BCUT2D eigenvalue weighted by atomic mass is 16.5. The minimum Gasteiger partial charge on any atom is -0.467 e. The lowest BCUT2D eigenvalue weighted by molar-refractivity contribution is -0.156. The van der Waals surface area contributed by atoms with Gasteiger partial charge in [-0.1, -0.05) is 37.3 Å². The number of hydrogen-bond acceptors (Lipinski definition) is 4. The standard InChI is InChI=1S/C22H22N2O4/c1-11-16-19(25)24-15(20(26)27-3)10-13-12-6-4-5-7-14(12)23-17(13)18(24)22(16)9-8-21(11,2)28-22/h4-9,11,15-16,18,23H,10H2,1-3H3. The average Bonchev–Trinajstić information content (AvgIpc) is 3.37. The van der Waals surface area contributed by atoms with Crippen LogP contribution in [0.3, 0.4) is 0 Å². The molecule has 2 aromatic rings. The molecule has 0 aliphatic carbocycles. The number of benzene rings is 1. The van der Waals surface area contributed by atoms with Crippen molar-refractivity contribution in [2.75, 3.05) is 7.11 Å². The van der Waals surface area contributed by atoms with Crippen LogP contribution in [0, 0.1) is 11.8 Å². The van der Waals surface area contributed by atoms with E-state index in [2.05, 4.69) is 30.1 Å². The first-order valence-corrected chi connectivity index (χ1v) is 9.81. The van der Waals surface area contributed by atoms with Gasteiger partial charge in [-0.25, -0.2) is 4.79 Å². The van der Waals surface area contributed by atoms with Crippen LogP contribution in [-0.4, -0.2) is 46.1 Å². The van der Waals surface area contributed by atoms with Crippen LogP contribution in [0.4, 0.5) is 0 Å². The van der Waals surface area contributed by atoms with Crippen LogP contribution in [-0.2, 0) is 25.5 Å². The largest absolute Gasteiger partial charge is 0.467 e. The molecule has 6 unspecified atom stereocenters. The molecule has 28 heavy (non-hydrogen) atoms. The number of esters is 1. The fraction of sp³-hybridized carbons (Fsp3) is 0.455. The molecule has 1 aromatic carbocycles. The maximum atomic E-state index is 13.6. The number of aromatic nitrogens is 1. The van der Waals surface area contributed by atoms with Gasteiger partial charge in [0.05, 0.1) is 18.6 Å². The van der Waals surface area contributed by atoms with Gasteiger partial charge in [-0.2, -0.15) is 0 Å². The molecule has 6 nitrogen and oxygen atoms in total. The summed E-state index contributed by atoms with van der Waals surface area (Å²) in [4.78, 5) is 31.6. The van der Waals surface area contributed by atoms with E-state index in [0.29, 0.717) is 6.42 Å². The molecule has 1 aromatic heterocycles. The number of rotatable bonds is 1. The lowest BCUT2D eigenvalue weighted by Gasteiger charge is -2.40. The van der Waals surface area contributed by atoms with Gasteiger partial charge in [0, 0.05) is 28.9 Å². The highest BCUT2D eigenvalue weighted by molar-refractivity contribution is 5.94. The summed E-state index contributed by atoms with van der Waals surface area (Å²) >= 11 is 0. The van der Waals surface area contributed by atoms with E-state index in [-0.39, 0.29) is 29.8 Å². The van der Waals surface area contributed by atoms with E-state index >= 15 is 0 Å². The summed E-state index contributed by atoms with van der Waals surface area (Å²) in [5.74, 6) is -0.632. The van der Waals surface area contributed by atoms with E-state index in [0.717, 1.165) is 22.2 Å². The quantitative estimate of drug-likeness (QED) is 0.611. The van der Waals surface area contributed by atoms with E-state index in [9.17, 15) is 9.59 Å². The lowest BCUT2D eigenvalue weighted by atomic mass is 9.71. The molecule has 4 aliphatic rings. The molecule has 0 radical (unpaired) electrons. The zero-order valence-electron chi connectivity index (χ0n) is 16.1. The fourth-order valence-electron chi connectivity index (χ4n) is 6.10. The maximum absolute atomic E-state index is 13.6. The number of hydrogen-bond donors (Lipinski definition) is 1. The number of carbonyl (C=O) groups is 2. The molecular weight excluding hydrogens is 356 g/mol. The Balaban J connectivity index is 1.63. The summed E-state index contributed by atoms with van der Waals surface area (Å²) in [6.07, 6.45) is 4.61. The molecule has 5 heterocycles. The first-order valence-electron chi connectivity index (χ1n) is 9.81. The Kier molecular flexibility index (Phi) is 2.84. The molecule has 1 amide bonds. The highest BCUT2D eigenvalue weighted by Crippen LogP contribution is 2.65. The Bertz CT molecular complexity index is 1090. The van der Waals surface area contributed by atoms with Gasteiger partial charge >= 0.3 is 5.97 Å². The van der Waals surface area contributed by atoms with Gasteiger partial charge in [0.15, 0.2) is 0 Å². The number of H-pyrrole nitrogens is 1. The fourth-order valence-corrected chi connectivity index (χ4v) is 6.10. The molecule has 6 heteroatoms. The van der Waals surface area contributed by atoms with Gasteiger partial charge in [0.1, 0.15) is 17.7 Å². The van der Waals surface area contributed by atoms with Crippen molar-refractivity contribution >= 4 is 22.8 Å². The smallest absolute Gasteiger partial charge is 0.328 e. The van der Waals surface area contributed by atoms with E-state index < -0.39 is 17.2 Å². The minimum absolute atomic E-state index is 0.00900. The van der Waals surface area contributed by atoms with Crippen LogP contribution in [0.25, 0.3) is 10.9 Å². The topological polar surface area (TPSA) is 71.6 Å². The van der Waals surface area contributed by atoms with Gasteiger partial charge < -0.3 is 19.4 Å². The van der Waals surface area contributed by atoms with Crippen molar-refractivity contribution in [1.82, 2.24) is 9.88 Å². The van der Waals surface area contributed by atoms with Gasteiger partial charge in [0.25, 0.3) is 0 Å². The monoisotopic (exact) mass is 378 g/mol. The minimum atomic E-state index is -0.742. The molecule has 144 valence electrons. The zero-order chi connectivity index (χ0) is 19.4. The third-order valence-corrected chi connectivity index (χ3v) is 7.51. The third kappa shape index (κ3) is 1.61. The number of carbonyl (C=O) groups excluding carboxylic acids is 2. The van der Waals surface area contributed by atoms with Crippen LogP contribution in [0.2, 0.25) is 0 Å². The number of aromatic amines is 1. The molecule has 2 saturated heterocycles. The molecule has 0 saturated carbocycles. The van der Waals surface area contributed by atoms with Crippen LogP contribution in [0.1, 0.15) is 31.1 Å². The third-order valence-electron chi connectivity index (χ3n) is 7.51. The van der Waals surface area contributed by atoms with Crippen molar-refractivity contribution in [1.29, 1.82) is 0 Å². The molecule has 6 rings (SSSR count). The lowest BCUT2D eigenvalue weighted by Crippen LogP contribution is -2.51. The van der Waals surface area contributed by atoms with Crippen LogP contribution in [0.5, 0.6) is 0 Å². The number of fused-ring (bicyclic) bond motifs is 6. The first kappa shape index (κ1) is 16.4. The number of amides is 1. The summed E-state index contributed by atoms with van der Waals surface area (Å²) in [6, 6.07) is 7.09. The number of nitrogens with zero attached hydrogens (tertiary/aromatic N) is 1. The van der Waals surface area contributed by atoms with Crippen molar-refractivity contribution in [2.24, 2.45) is 11.8 Å².